The number of nitriles is 2. The van der Waals surface area contributed by atoms with Gasteiger partial charge in [0.15, 0.2) is 17.4 Å². The smallest absolute Gasteiger partial charge is 0.186 e. The Hall–Kier alpha value is -3.49. The molecule has 0 radical (unpaired) electrons. The van der Waals surface area contributed by atoms with Gasteiger partial charge in [-0.1, -0.05) is 11.8 Å². The zero-order valence-corrected chi connectivity index (χ0v) is 14.7. The van der Waals surface area contributed by atoms with E-state index in [1.807, 2.05) is 0 Å². The van der Waals surface area contributed by atoms with Crippen LogP contribution in [0, 0.1) is 45.9 Å². The summed E-state index contributed by atoms with van der Waals surface area (Å²) < 4.78 is 61.4. The molecule has 3 nitrogen and oxygen atoms in total. The molecule has 0 fully saturated rings. The van der Waals surface area contributed by atoms with Gasteiger partial charge in [-0.05, 0) is 48.5 Å². The van der Waals surface area contributed by atoms with Gasteiger partial charge in [-0.25, -0.2) is 17.6 Å². The van der Waals surface area contributed by atoms with Crippen LogP contribution < -0.4 is 4.74 Å². The predicted octanol–water partition coefficient (Wildman–Crippen LogP) is 5.93. The molecule has 0 unspecified atom stereocenters. The fourth-order valence-corrected chi connectivity index (χ4v) is 3.20. The standard InChI is InChI=1S/C20H8F4N2OS/c21-11-1-5-13(6-2-11)27-19-17(23)15(9-25)16(10-26)18(24)20(19)28-14-7-3-12(22)4-8-14/h1-8H. The van der Waals surface area contributed by atoms with Crippen molar-refractivity contribution in [3.8, 4) is 23.6 Å². The molecule has 138 valence electrons. The van der Waals surface area contributed by atoms with Gasteiger partial charge in [0.2, 0.25) is 0 Å². The molecule has 0 saturated carbocycles. The van der Waals surface area contributed by atoms with Crippen LogP contribution in [-0.2, 0) is 0 Å². The van der Waals surface area contributed by atoms with Gasteiger partial charge in [0.25, 0.3) is 0 Å². The van der Waals surface area contributed by atoms with Crippen molar-refractivity contribution < 1.29 is 22.3 Å². The van der Waals surface area contributed by atoms with Crippen molar-refractivity contribution in [3.05, 3.63) is 82.9 Å². The van der Waals surface area contributed by atoms with Crippen LogP contribution in [-0.4, -0.2) is 0 Å². The number of rotatable bonds is 4. The van der Waals surface area contributed by atoms with Gasteiger partial charge < -0.3 is 4.74 Å². The molecule has 3 aromatic rings. The van der Waals surface area contributed by atoms with Crippen molar-refractivity contribution in [2.45, 2.75) is 9.79 Å². The SMILES string of the molecule is N#Cc1c(F)c(Oc2ccc(F)cc2)c(Sc2ccc(F)cc2)c(F)c1C#N. The Morgan fingerprint density at radius 3 is 1.75 bits per heavy atom. The van der Waals surface area contributed by atoms with Crippen molar-refractivity contribution in [2.75, 3.05) is 0 Å². The minimum atomic E-state index is -1.23. The Morgan fingerprint density at radius 1 is 0.714 bits per heavy atom. The molecule has 0 aliphatic rings. The first-order chi connectivity index (χ1) is 13.4. The second kappa shape index (κ2) is 8.03. The van der Waals surface area contributed by atoms with Crippen molar-refractivity contribution in [1.29, 1.82) is 10.5 Å². The lowest BCUT2D eigenvalue weighted by atomic mass is 10.1. The largest absolute Gasteiger partial charge is 0.453 e. The third-order valence-corrected chi connectivity index (χ3v) is 4.66. The Morgan fingerprint density at radius 2 is 1.21 bits per heavy atom. The summed E-state index contributed by atoms with van der Waals surface area (Å²) in [6, 6.07) is 12.4. The monoisotopic (exact) mass is 400 g/mol. The Kier molecular flexibility index (Phi) is 5.53. The van der Waals surface area contributed by atoms with Crippen LogP contribution in [0.15, 0.2) is 58.3 Å². The number of ether oxygens (including phenoxy) is 1. The molecule has 0 aliphatic carbocycles. The number of halogens is 4. The normalized spacial score (nSPS) is 10.2. The lowest BCUT2D eigenvalue weighted by Crippen LogP contribution is -2.02. The van der Waals surface area contributed by atoms with Crippen LogP contribution in [0.3, 0.4) is 0 Å². The highest BCUT2D eigenvalue weighted by Crippen LogP contribution is 2.43. The number of hydrogen-bond acceptors (Lipinski definition) is 4. The average Bonchev–Trinajstić information content (AvgIpc) is 2.70. The fraction of sp³-hybridized carbons (Fsp3) is 0. The van der Waals surface area contributed by atoms with E-state index < -0.39 is 45.0 Å². The van der Waals surface area contributed by atoms with Gasteiger partial charge in [-0.3, -0.25) is 0 Å². The lowest BCUT2D eigenvalue weighted by Gasteiger charge is -2.15. The Labute approximate surface area is 161 Å². The van der Waals surface area contributed by atoms with Crippen molar-refractivity contribution in [3.63, 3.8) is 0 Å². The van der Waals surface area contributed by atoms with Gasteiger partial charge >= 0.3 is 0 Å². The van der Waals surface area contributed by atoms with Crippen LogP contribution >= 0.6 is 11.8 Å². The zero-order chi connectivity index (χ0) is 20.3. The van der Waals surface area contributed by atoms with Gasteiger partial charge in [-0.2, -0.15) is 10.5 Å². The van der Waals surface area contributed by atoms with E-state index in [2.05, 4.69) is 0 Å². The van der Waals surface area contributed by atoms with Gasteiger partial charge in [0, 0.05) is 4.90 Å². The maximum atomic E-state index is 14.9. The van der Waals surface area contributed by atoms with Gasteiger partial charge in [0.1, 0.15) is 40.6 Å². The molecule has 0 heterocycles. The summed E-state index contributed by atoms with van der Waals surface area (Å²) in [6.45, 7) is 0. The van der Waals surface area contributed by atoms with E-state index in [1.165, 1.54) is 36.4 Å². The minimum absolute atomic E-state index is 0.00532. The lowest BCUT2D eigenvalue weighted by molar-refractivity contribution is 0.417. The molecule has 0 saturated heterocycles. The first-order valence-corrected chi connectivity index (χ1v) is 8.48. The average molecular weight is 400 g/mol. The van der Waals surface area contributed by atoms with E-state index >= 15 is 0 Å². The maximum Gasteiger partial charge on any atom is 0.186 e. The van der Waals surface area contributed by atoms with Crippen LogP contribution in [0.2, 0.25) is 0 Å². The summed E-state index contributed by atoms with van der Waals surface area (Å²) in [4.78, 5) is -0.0544. The molecule has 28 heavy (non-hydrogen) atoms. The predicted molar refractivity (Wildman–Crippen MR) is 92.8 cm³/mol. The van der Waals surface area contributed by atoms with E-state index in [0.717, 1.165) is 24.3 Å². The van der Waals surface area contributed by atoms with Crippen LogP contribution in [0.5, 0.6) is 11.5 Å². The molecule has 3 aromatic carbocycles. The summed E-state index contributed by atoms with van der Waals surface area (Å²) in [6.07, 6.45) is 0. The third-order valence-electron chi connectivity index (χ3n) is 3.58. The van der Waals surface area contributed by atoms with E-state index in [1.54, 1.807) is 0 Å². The zero-order valence-electron chi connectivity index (χ0n) is 13.8. The molecule has 0 bridgehead atoms. The first kappa shape index (κ1) is 19.3. The highest BCUT2D eigenvalue weighted by atomic mass is 32.2. The quantitative estimate of drug-likeness (QED) is 0.510. The summed E-state index contributed by atoms with van der Waals surface area (Å²) in [5.74, 6) is -4.08. The van der Waals surface area contributed by atoms with Crippen molar-refractivity contribution in [1.82, 2.24) is 0 Å². The van der Waals surface area contributed by atoms with Crippen LogP contribution in [0.25, 0.3) is 0 Å². The molecule has 0 aromatic heterocycles. The van der Waals surface area contributed by atoms with E-state index in [9.17, 15) is 17.6 Å². The fourth-order valence-electron chi connectivity index (χ4n) is 2.28. The molecule has 0 spiro atoms. The molecular weight excluding hydrogens is 392 g/mol. The van der Waals surface area contributed by atoms with Gasteiger partial charge in [0.05, 0.1) is 4.90 Å². The van der Waals surface area contributed by atoms with Crippen LogP contribution in [0.1, 0.15) is 11.1 Å². The number of benzene rings is 3. The topological polar surface area (TPSA) is 56.8 Å². The summed E-state index contributed by atoms with van der Waals surface area (Å²) >= 11 is 0.694. The van der Waals surface area contributed by atoms with E-state index in [4.69, 9.17) is 15.3 Å². The Balaban J connectivity index is 2.18. The number of hydrogen-bond donors (Lipinski definition) is 0. The number of nitrogens with zero attached hydrogens (tertiary/aromatic N) is 2. The first-order valence-electron chi connectivity index (χ1n) is 7.66. The maximum absolute atomic E-state index is 14.9. The van der Waals surface area contributed by atoms with Crippen LogP contribution in [0.4, 0.5) is 17.6 Å². The summed E-state index contributed by atoms with van der Waals surface area (Å²) in [5.41, 5.74) is -1.57. The highest BCUT2D eigenvalue weighted by Gasteiger charge is 2.27. The van der Waals surface area contributed by atoms with E-state index in [0.29, 0.717) is 16.7 Å². The second-order valence-electron chi connectivity index (χ2n) is 5.37. The molecule has 0 amide bonds. The summed E-state index contributed by atoms with van der Waals surface area (Å²) in [7, 11) is 0. The van der Waals surface area contributed by atoms with Crippen molar-refractivity contribution >= 4 is 11.8 Å². The second-order valence-corrected chi connectivity index (χ2v) is 6.46. The molecule has 0 aliphatic heterocycles. The Bertz CT molecular complexity index is 1030. The third kappa shape index (κ3) is 3.78. The van der Waals surface area contributed by atoms with Gasteiger partial charge in [-0.15, -0.1) is 0 Å². The molecular formula is C20H8F4N2OS. The molecule has 0 N–H and O–H groups in total. The van der Waals surface area contributed by atoms with E-state index in [-0.39, 0.29) is 5.75 Å². The molecule has 3 rings (SSSR count). The minimum Gasteiger partial charge on any atom is -0.453 e. The highest BCUT2D eigenvalue weighted by molar-refractivity contribution is 7.99. The summed E-state index contributed by atoms with van der Waals surface area (Å²) in [5, 5.41) is 18.3. The van der Waals surface area contributed by atoms with Crippen molar-refractivity contribution in [2.24, 2.45) is 0 Å². The molecule has 0 atom stereocenters. The molecule has 8 heteroatoms.